The van der Waals surface area contributed by atoms with E-state index in [0.29, 0.717) is 30.1 Å². The van der Waals surface area contributed by atoms with Crippen LogP contribution in [-0.2, 0) is 19.0 Å². The van der Waals surface area contributed by atoms with E-state index >= 15 is 0 Å². The van der Waals surface area contributed by atoms with Crippen molar-refractivity contribution < 1.29 is 18.5 Å². The van der Waals surface area contributed by atoms with Crippen LogP contribution in [0.2, 0.25) is 0 Å². The summed E-state index contributed by atoms with van der Waals surface area (Å²) in [4.78, 5) is 11.8. The summed E-state index contributed by atoms with van der Waals surface area (Å²) in [5.74, 6) is 1.45. The number of Topliss-reactive ketones (excluding diaryl/α,β-unsaturated/α-hetero) is 1. The summed E-state index contributed by atoms with van der Waals surface area (Å²) in [7, 11) is 1.57. The highest BCUT2D eigenvalue weighted by molar-refractivity contribution is 7.44. The number of ether oxygens (including phenoxy) is 2. The lowest BCUT2D eigenvalue weighted by Gasteiger charge is -2.21. The van der Waals surface area contributed by atoms with Crippen molar-refractivity contribution in [3.8, 4) is 11.5 Å². The Morgan fingerprint density at radius 3 is 2.71 bits per heavy atom. The fourth-order valence-corrected chi connectivity index (χ4v) is 1.86. The lowest BCUT2D eigenvalue weighted by atomic mass is 9.99. The maximum absolute atomic E-state index is 11.8. The topological polar surface area (TPSA) is 52.6 Å². The van der Waals surface area contributed by atoms with Gasteiger partial charge in [-0.15, -0.1) is 0 Å². The predicted molar refractivity (Wildman–Crippen MR) is 65.0 cm³/mol. The minimum absolute atomic E-state index is 0.114. The van der Waals surface area contributed by atoms with Crippen molar-refractivity contribution in [2.45, 2.75) is 19.8 Å². The highest BCUT2D eigenvalue weighted by Crippen LogP contribution is 2.36. The summed E-state index contributed by atoms with van der Waals surface area (Å²) in [6, 6.07) is 3.79. The Balaban J connectivity index is 0.000000686. The molecule has 0 spiro atoms. The largest absolute Gasteiger partial charge is 0.496 e. The molecule has 0 saturated heterocycles. The van der Waals surface area contributed by atoms with Gasteiger partial charge in [0.2, 0.25) is 0 Å². The molecular formula is C12H14O4S. The molecule has 0 bridgehead atoms. The Bertz CT molecular complexity index is 417. The molecule has 5 heteroatoms. The smallest absolute Gasteiger partial charge is 0.197 e. The van der Waals surface area contributed by atoms with E-state index in [0.717, 1.165) is 12.0 Å². The van der Waals surface area contributed by atoms with E-state index in [1.165, 1.54) is 0 Å². The van der Waals surface area contributed by atoms with Crippen LogP contribution in [0.1, 0.15) is 29.3 Å². The molecule has 0 fully saturated rings. The van der Waals surface area contributed by atoms with Crippen molar-refractivity contribution in [3.63, 3.8) is 0 Å². The first-order valence-electron chi connectivity index (χ1n) is 5.30. The lowest BCUT2D eigenvalue weighted by Crippen LogP contribution is -2.17. The van der Waals surface area contributed by atoms with E-state index in [-0.39, 0.29) is 5.78 Å². The zero-order valence-electron chi connectivity index (χ0n) is 9.82. The first kappa shape index (κ1) is 13.6. The third kappa shape index (κ3) is 2.61. The molecule has 0 atom stereocenters. The first-order valence-corrected chi connectivity index (χ1v) is 5.63. The zero-order valence-corrected chi connectivity index (χ0v) is 10.6. The van der Waals surface area contributed by atoms with Gasteiger partial charge in [0.15, 0.2) is 18.3 Å². The number of hydrogen-bond donors (Lipinski definition) is 0. The second-order valence-corrected chi connectivity index (χ2v) is 3.51. The molecule has 1 aliphatic heterocycles. The van der Waals surface area contributed by atoms with Gasteiger partial charge in [-0.3, -0.25) is 4.79 Å². The van der Waals surface area contributed by atoms with Crippen LogP contribution in [0, 0.1) is 0 Å². The Morgan fingerprint density at radius 2 is 2.12 bits per heavy atom. The monoisotopic (exact) mass is 254 g/mol. The van der Waals surface area contributed by atoms with Gasteiger partial charge < -0.3 is 9.47 Å². The molecule has 0 amide bonds. The molecular weight excluding hydrogens is 240 g/mol. The summed E-state index contributed by atoms with van der Waals surface area (Å²) >= 11 is 2.83. The molecule has 2 rings (SSSR count). The summed E-state index contributed by atoms with van der Waals surface area (Å²) < 4.78 is 18.6. The van der Waals surface area contributed by atoms with Crippen LogP contribution in [0.5, 0.6) is 11.5 Å². The second kappa shape index (κ2) is 6.30. The molecule has 1 aliphatic rings. The maximum Gasteiger partial charge on any atom is 0.197 e. The number of aryl methyl sites for hydroxylation is 1. The standard InChI is InChI=1S/C12H14O3.OS/c1-3-8-4-5-10(14-2)11-9(13)6-7-15-12(8)11;1-2/h4-5H,3,6-7H2,1-2H3;. The van der Waals surface area contributed by atoms with Crippen LogP contribution < -0.4 is 9.47 Å². The Hall–Kier alpha value is -1.49. The molecule has 0 saturated carbocycles. The van der Waals surface area contributed by atoms with Crippen LogP contribution in [0.4, 0.5) is 0 Å². The van der Waals surface area contributed by atoms with Gasteiger partial charge in [0.1, 0.15) is 17.1 Å². The van der Waals surface area contributed by atoms with Crippen molar-refractivity contribution >= 4 is 18.3 Å². The van der Waals surface area contributed by atoms with Crippen LogP contribution in [0.25, 0.3) is 0 Å². The minimum atomic E-state index is 0.114. The predicted octanol–water partition coefficient (Wildman–Crippen LogP) is 1.89. The number of rotatable bonds is 2. The number of ketones is 1. The average Bonchev–Trinajstić information content (AvgIpc) is 2.40. The van der Waals surface area contributed by atoms with Gasteiger partial charge in [0, 0.05) is 6.42 Å². The molecule has 1 aromatic rings. The number of carbonyl (C=O) groups is 1. The average molecular weight is 254 g/mol. The normalized spacial score (nSPS) is 12.9. The summed E-state index contributed by atoms with van der Waals surface area (Å²) in [5, 5.41) is 0. The highest BCUT2D eigenvalue weighted by Gasteiger charge is 2.24. The van der Waals surface area contributed by atoms with Gasteiger partial charge in [-0.1, -0.05) is 13.0 Å². The molecule has 4 nitrogen and oxygen atoms in total. The molecule has 0 aromatic heterocycles. The number of carbonyl (C=O) groups excluding carboxylic acids is 1. The van der Waals surface area contributed by atoms with Crippen molar-refractivity contribution in [1.82, 2.24) is 0 Å². The van der Waals surface area contributed by atoms with Crippen LogP contribution in [0.3, 0.4) is 0 Å². The molecule has 1 aromatic carbocycles. The van der Waals surface area contributed by atoms with Crippen LogP contribution in [0.15, 0.2) is 12.1 Å². The second-order valence-electron chi connectivity index (χ2n) is 3.51. The van der Waals surface area contributed by atoms with Gasteiger partial charge in [0.05, 0.1) is 13.7 Å². The Kier molecular flexibility index (Phi) is 5.03. The number of methoxy groups -OCH3 is 1. The van der Waals surface area contributed by atoms with Gasteiger partial charge in [0.25, 0.3) is 0 Å². The SMILES string of the molecule is CCc1ccc(OC)c2c1OCCC2=O.O=S. The van der Waals surface area contributed by atoms with E-state index in [2.05, 4.69) is 12.5 Å². The molecule has 0 radical (unpaired) electrons. The van der Waals surface area contributed by atoms with E-state index < -0.39 is 0 Å². The number of benzene rings is 1. The fraction of sp³-hybridized carbons (Fsp3) is 0.417. The summed E-state index contributed by atoms with van der Waals surface area (Å²) in [6.45, 7) is 2.52. The quantitative estimate of drug-likeness (QED) is 0.806. The van der Waals surface area contributed by atoms with Gasteiger partial charge in [-0.2, -0.15) is 4.21 Å². The molecule has 0 aliphatic carbocycles. The van der Waals surface area contributed by atoms with Crippen LogP contribution >= 0.6 is 0 Å². The van der Waals surface area contributed by atoms with E-state index in [9.17, 15) is 4.79 Å². The molecule has 17 heavy (non-hydrogen) atoms. The minimum Gasteiger partial charge on any atom is -0.496 e. The van der Waals surface area contributed by atoms with E-state index in [1.54, 1.807) is 7.11 Å². The van der Waals surface area contributed by atoms with E-state index in [1.807, 2.05) is 19.1 Å². The number of fused-ring (bicyclic) bond motifs is 1. The highest BCUT2D eigenvalue weighted by atomic mass is 32.1. The zero-order chi connectivity index (χ0) is 12.8. The fourth-order valence-electron chi connectivity index (χ4n) is 1.86. The van der Waals surface area contributed by atoms with Gasteiger partial charge >= 0.3 is 0 Å². The van der Waals surface area contributed by atoms with Crippen molar-refractivity contribution in [1.29, 1.82) is 0 Å². The molecule has 1 heterocycles. The molecule has 0 unspecified atom stereocenters. The Morgan fingerprint density at radius 1 is 1.41 bits per heavy atom. The van der Waals surface area contributed by atoms with Gasteiger partial charge in [-0.05, 0) is 18.1 Å². The van der Waals surface area contributed by atoms with E-state index in [4.69, 9.17) is 13.7 Å². The van der Waals surface area contributed by atoms with Crippen molar-refractivity contribution in [2.24, 2.45) is 0 Å². The maximum atomic E-state index is 11.8. The van der Waals surface area contributed by atoms with Crippen LogP contribution in [-0.4, -0.2) is 23.7 Å². The lowest BCUT2D eigenvalue weighted by molar-refractivity contribution is 0.0928. The summed E-state index contributed by atoms with van der Waals surface area (Å²) in [6.07, 6.45) is 1.30. The number of hydrogen-bond acceptors (Lipinski definition) is 5. The van der Waals surface area contributed by atoms with Crippen molar-refractivity contribution in [3.05, 3.63) is 23.3 Å². The molecule has 0 N–H and O–H groups in total. The van der Waals surface area contributed by atoms with Crippen molar-refractivity contribution in [2.75, 3.05) is 13.7 Å². The Labute approximate surface area is 105 Å². The molecule has 92 valence electrons. The summed E-state index contributed by atoms with van der Waals surface area (Å²) in [5.41, 5.74) is 1.68. The third-order valence-corrected chi connectivity index (χ3v) is 2.66. The third-order valence-electron chi connectivity index (χ3n) is 2.66. The first-order chi connectivity index (χ1) is 8.27. The van der Waals surface area contributed by atoms with Gasteiger partial charge in [-0.25, -0.2) is 0 Å².